The summed E-state index contributed by atoms with van der Waals surface area (Å²) in [6.07, 6.45) is 0. The van der Waals surface area contributed by atoms with Crippen LogP contribution in [0.2, 0.25) is 0 Å². The van der Waals surface area contributed by atoms with Crippen LogP contribution in [0, 0.1) is 0 Å². The molecule has 0 radical (unpaired) electrons. The van der Waals surface area contributed by atoms with Gasteiger partial charge in [0.25, 0.3) is 0 Å². The molecule has 0 unspecified atom stereocenters. The zero-order valence-electron chi connectivity index (χ0n) is 9.90. The van der Waals surface area contributed by atoms with Crippen LogP contribution in [0.1, 0.15) is 0 Å². The number of benzene rings is 2. The van der Waals surface area contributed by atoms with Gasteiger partial charge in [0, 0.05) is 24.2 Å². The van der Waals surface area contributed by atoms with Crippen LogP contribution in [0.15, 0.2) is 42.5 Å². The van der Waals surface area contributed by atoms with E-state index in [9.17, 15) is 0 Å². The highest BCUT2D eigenvalue weighted by molar-refractivity contribution is 5.93. The van der Waals surface area contributed by atoms with E-state index < -0.39 is 0 Å². The zero-order valence-corrected chi connectivity index (χ0v) is 9.90. The van der Waals surface area contributed by atoms with E-state index in [1.165, 1.54) is 16.5 Å². The van der Waals surface area contributed by atoms with Gasteiger partial charge in [-0.3, -0.25) is 0 Å². The van der Waals surface area contributed by atoms with Crippen LogP contribution in [0.25, 0.3) is 10.8 Å². The summed E-state index contributed by atoms with van der Waals surface area (Å²) in [5.74, 6) is 0. The molecule has 2 heteroatoms. The minimum absolute atomic E-state index is 0.973. The Morgan fingerprint density at radius 2 is 1.75 bits per heavy atom. The summed E-state index contributed by atoms with van der Waals surface area (Å²) in [5.41, 5.74) is 1.22. The maximum atomic E-state index is 3.48. The predicted molar refractivity (Wildman–Crippen MR) is 71.0 cm³/mol. The van der Waals surface area contributed by atoms with Gasteiger partial charge < -0.3 is 10.2 Å². The first kappa shape index (κ1) is 11.0. The van der Waals surface area contributed by atoms with Crippen LogP contribution in [0.4, 0.5) is 5.69 Å². The summed E-state index contributed by atoms with van der Waals surface area (Å²) in [6.45, 7) is 2.02. The lowest BCUT2D eigenvalue weighted by atomic mass is 10.1. The molecule has 0 bridgehead atoms. The van der Waals surface area contributed by atoms with Gasteiger partial charge in [-0.2, -0.15) is 0 Å². The molecule has 1 N–H and O–H groups in total. The lowest BCUT2D eigenvalue weighted by Gasteiger charge is -2.13. The van der Waals surface area contributed by atoms with Crippen LogP contribution < -0.4 is 5.32 Å². The number of rotatable bonds is 4. The summed E-state index contributed by atoms with van der Waals surface area (Å²) in [4.78, 5) is 2.18. The Morgan fingerprint density at radius 1 is 1.00 bits per heavy atom. The maximum Gasteiger partial charge on any atom is 0.0420 e. The van der Waals surface area contributed by atoms with Crippen LogP contribution in [0.5, 0.6) is 0 Å². The van der Waals surface area contributed by atoms with E-state index in [0.29, 0.717) is 0 Å². The molecule has 0 aliphatic carbocycles. The van der Waals surface area contributed by atoms with Gasteiger partial charge in [-0.25, -0.2) is 0 Å². The Morgan fingerprint density at radius 3 is 2.56 bits per heavy atom. The predicted octanol–water partition coefficient (Wildman–Crippen LogP) is 2.81. The zero-order chi connectivity index (χ0) is 11.4. The third-order valence-electron chi connectivity index (χ3n) is 2.66. The second-order valence-electron chi connectivity index (χ2n) is 4.26. The smallest absolute Gasteiger partial charge is 0.0420 e. The SMILES string of the molecule is CN(C)CCNc1cccc2ccccc12. The highest BCUT2D eigenvalue weighted by atomic mass is 15.1. The second kappa shape index (κ2) is 4.99. The number of likely N-dealkylation sites (N-methyl/N-ethyl adjacent to an activating group) is 1. The number of fused-ring (bicyclic) bond motifs is 1. The summed E-state index contributed by atoms with van der Waals surface area (Å²) in [7, 11) is 4.18. The molecule has 0 heterocycles. The average Bonchev–Trinajstić information content (AvgIpc) is 2.29. The summed E-state index contributed by atoms with van der Waals surface area (Å²) in [6, 6.07) is 14.8. The summed E-state index contributed by atoms with van der Waals surface area (Å²) >= 11 is 0. The molecule has 0 atom stereocenters. The monoisotopic (exact) mass is 214 g/mol. The maximum absolute atomic E-state index is 3.48. The Hall–Kier alpha value is -1.54. The van der Waals surface area contributed by atoms with Gasteiger partial charge in [0.1, 0.15) is 0 Å². The van der Waals surface area contributed by atoms with Crippen LogP contribution in [0.3, 0.4) is 0 Å². The lowest BCUT2D eigenvalue weighted by Crippen LogP contribution is -2.20. The van der Waals surface area contributed by atoms with Crippen molar-refractivity contribution in [1.29, 1.82) is 0 Å². The third kappa shape index (κ3) is 2.52. The first-order chi connectivity index (χ1) is 7.77. The fourth-order valence-electron chi connectivity index (χ4n) is 1.79. The molecule has 0 aliphatic rings. The van der Waals surface area contributed by atoms with E-state index in [-0.39, 0.29) is 0 Å². The normalized spacial score (nSPS) is 10.9. The minimum atomic E-state index is 0.973. The van der Waals surface area contributed by atoms with Gasteiger partial charge in [0.05, 0.1) is 0 Å². The number of hydrogen-bond acceptors (Lipinski definition) is 2. The van der Waals surface area contributed by atoms with E-state index in [1.54, 1.807) is 0 Å². The second-order valence-corrected chi connectivity index (χ2v) is 4.26. The lowest BCUT2D eigenvalue weighted by molar-refractivity contribution is 0.425. The summed E-state index contributed by atoms with van der Waals surface area (Å²) < 4.78 is 0. The molecule has 2 nitrogen and oxygen atoms in total. The first-order valence-corrected chi connectivity index (χ1v) is 5.64. The Bertz CT molecular complexity index is 458. The van der Waals surface area contributed by atoms with E-state index in [0.717, 1.165) is 13.1 Å². The van der Waals surface area contributed by atoms with Crippen molar-refractivity contribution >= 4 is 16.5 Å². The molecule has 0 spiro atoms. The van der Waals surface area contributed by atoms with E-state index in [1.807, 2.05) is 0 Å². The molecule has 0 amide bonds. The molecule has 2 aromatic rings. The topological polar surface area (TPSA) is 15.3 Å². The number of nitrogens with one attached hydrogen (secondary N) is 1. The van der Waals surface area contributed by atoms with Gasteiger partial charge in [-0.05, 0) is 25.5 Å². The Labute approximate surface area is 96.9 Å². The quantitative estimate of drug-likeness (QED) is 0.842. The molecule has 0 saturated heterocycles. The van der Waals surface area contributed by atoms with E-state index in [4.69, 9.17) is 0 Å². The van der Waals surface area contributed by atoms with Gasteiger partial charge in [0.2, 0.25) is 0 Å². The van der Waals surface area contributed by atoms with Crippen molar-refractivity contribution in [1.82, 2.24) is 4.90 Å². The minimum Gasteiger partial charge on any atom is -0.383 e. The van der Waals surface area contributed by atoms with Crippen molar-refractivity contribution in [3.8, 4) is 0 Å². The third-order valence-corrected chi connectivity index (χ3v) is 2.66. The fraction of sp³-hybridized carbons (Fsp3) is 0.286. The van der Waals surface area contributed by atoms with Crippen molar-refractivity contribution < 1.29 is 0 Å². The van der Waals surface area contributed by atoms with Crippen LogP contribution in [-0.4, -0.2) is 32.1 Å². The standard InChI is InChI=1S/C14H18N2/c1-16(2)11-10-15-14-9-5-7-12-6-3-4-8-13(12)14/h3-9,15H,10-11H2,1-2H3. The van der Waals surface area contributed by atoms with Crippen molar-refractivity contribution in [3.63, 3.8) is 0 Å². The van der Waals surface area contributed by atoms with Crippen molar-refractivity contribution in [2.24, 2.45) is 0 Å². The van der Waals surface area contributed by atoms with Gasteiger partial charge >= 0.3 is 0 Å². The molecule has 0 saturated carbocycles. The first-order valence-electron chi connectivity index (χ1n) is 5.64. The summed E-state index contributed by atoms with van der Waals surface area (Å²) in [5, 5.41) is 6.06. The van der Waals surface area contributed by atoms with E-state index >= 15 is 0 Å². The van der Waals surface area contributed by atoms with Crippen molar-refractivity contribution in [2.45, 2.75) is 0 Å². The van der Waals surface area contributed by atoms with E-state index in [2.05, 4.69) is 66.8 Å². The highest BCUT2D eigenvalue weighted by Crippen LogP contribution is 2.22. The molecule has 0 aliphatic heterocycles. The Balaban J connectivity index is 2.17. The molecular formula is C14H18N2. The molecule has 16 heavy (non-hydrogen) atoms. The fourth-order valence-corrected chi connectivity index (χ4v) is 1.79. The number of nitrogens with zero attached hydrogens (tertiary/aromatic N) is 1. The average molecular weight is 214 g/mol. The van der Waals surface area contributed by atoms with Crippen molar-refractivity contribution in [3.05, 3.63) is 42.5 Å². The highest BCUT2D eigenvalue weighted by Gasteiger charge is 1.98. The van der Waals surface area contributed by atoms with Crippen LogP contribution >= 0.6 is 0 Å². The molecule has 2 aromatic carbocycles. The number of hydrogen-bond donors (Lipinski definition) is 1. The van der Waals surface area contributed by atoms with Crippen LogP contribution in [-0.2, 0) is 0 Å². The largest absolute Gasteiger partial charge is 0.383 e. The Kier molecular flexibility index (Phi) is 3.42. The van der Waals surface area contributed by atoms with Gasteiger partial charge in [0.15, 0.2) is 0 Å². The molecule has 2 rings (SSSR count). The molecule has 0 aromatic heterocycles. The van der Waals surface area contributed by atoms with Gasteiger partial charge in [-0.15, -0.1) is 0 Å². The number of anilines is 1. The van der Waals surface area contributed by atoms with Crippen molar-refractivity contribution in [2.75, 3.05) is 32.5 Å². The molecule has 0 fully saturated rings. The molecule has 84 valence electrons. The molecular weight excluding hydrogens is 196 g/mol. The van der Waals surface area contributed by atoms with Gasteiger partial charge in [-0.1, -0.05) is 36.4 Å².